The summed E-state index contributed by atoms with van der Waals surface area (Å²) in [6, 6.07) is 4.51. The zero-order chi connectivity index (χ0) is 49.3. The largest absolute Gasteiger partial charge is 0.508 e. The standard InChI is InChI=1S/C46H70N16O7/c1-6-22-67-24-26-69-27-25-68-23-13-49-44-50-45(52-46(51-44)60-20-16-58(17-21-60)43(66)41(33(5)8-3)62-29-37(53-56-62)36(47)31-63)59-18-14-57(15-19-59)42(65)39(28-34-9-11-35(64)12-10-34)61-30-38(54-55-61)40(48)32(4)7-2/h1,9-12,29-30,32-33,36,39-41,63-64H,7-8,13-28,31,47-48H2,2-5H3,(H,49,50,51,52)/t32?,33-,36-,39-,40-,41-/m0/s1. The number of hydrogen-bond acceptors (Lipinski definition) is 19. The number of nitrogens with one attached hydrogen (secondary N) is 1. The number of aliphatic hydroxyl groups excluding tert-OH is 1. The highest BCUT2D eigenvalue weighted by molar-refractivity contribution is 5.81. The summed E-state index contributed by atoms with van der Waals surface area (Å²) in [6.45, 7) is 14.0. The lowest BCUT2D eigenvalue weighted by atomic mass is 9.97. The minimum atomic E-state index is -0.697. The van der Waals surface area contributed by atoms with Crippen LogP contribution in [0.1, 0.15) is 81.7 Å². The van der Waals surface area contributed by atoms with Gasteiger partial charge in [0.2, 0.25) is 29.7 Å². The molecule has 0 bridgehead atoms. The van der Waals surface area contributed by atoms with Crippen LogP contribution in [0.2, 0.25) is 0 Å². The summed E-state index contributed by atoms with van der Waals surface area (Å²) < 4.78 is 19.7. The van der Waals surface area contributed by atoms with E-state index in [4.69, 9.17) is 47.1 Å². The first-order valence-corrected chi connectivity index (χ1v) is 23.9. The van der Waals surface area contributed by atoms with Gasteiger partial charge in [-0.1, -0.05) is 69.0 Å². The molecule has 3 aromatic heterocycles. The van der Waals surface area contributed by atoms with Gasteiger partial charge in [-0.25, -0.2) is 9.36 Å². The molecule has 0 saturated carbocycles. The average Bonchev–Trinajstić information content (AvgIpc) is 4.08. The van der Waals surface area contributed by atoms with Crippen molar-refractivity contribution in [3.05, 3.63) is 53.6 Å². The number of nitrogens with two attached hydrogens (primary N) is 2. The Hall–Kier alpha value is -6.03. The second-order valence-corrected chi connectivity index (χ2v) is 17.5. The van der Waals surface area contributed by atoms with Gasteiger partial charge < -0.3 is 60.8 Å². The Morgan fingerprint density at radius 2 is 1.30 bits per heavy atom. The highest BCUT2D eigenvalue weighted by atomic mass is 16.5. The van der Waals surface area contributed by atoms with Crippen LogP contribution in [0.5, 0.6) is 5.75 Å². The van der Waals surface area contributed by atoms with Crippen molar-refractivity contribution in [1.82, 2.24) is 54.7 Å². The number of phenolic OH excluding ortho intramolecular Hbond substituents is 1. The predicted octanol–water partition coefficient (Wildman–Crippen LogP) is 0.962. The fraction of sp³-hybridized carbons (Fsp3) is 0.630. The maximum Gasteiger partial charge on any atom is 0.247 e. The molecule has 5 heterocycles. The molecule has 2 aliphatic rings. The van der Waals surface area contributed by atoms with E-state index in [-0.39, 0.29) is 48.7 Å². The smallest absolute Gasteiger partial charge is 0.247 e. The van der Waals surface area contributed by atoms with Crippen LogP contribution in [0.3, 0.4) is 0 Å². The molecule has 69 heavy (non-hydrogen) atoms. The van der Waals surface area contributed by atoms with Crippen molar-refractivity contribution < 1.29 is 34.0 Å². The van der Waals surface area contributed by atoms with Gasteiger partial charge in [0.25, 0.3) is 0 Å². The van der Waals surface area contributed by atoms with Gasteiger partial charge in [0.15, 0.2) is 0 Å². The molecule has 6 atom stereocenters. The van der Waals surface area contributed by atoms with E-state index in [2.05, 4.69) is 45.7 Å². The average molecular weight is 959 g/mol. The third-order valence-corrected chi connectivity index (χ3v) is 12.7. The Labute approximate surface area is 403 Å². The Kier molecular flexibility index (Phi) is 19.8. The number of piperazine rings is 2. The van der Waals surface area contributed by atoms with Crippen molar-refractivity contribution in [2.24, 2.45) is 23.3 Å². The molecule has 23 nitrogen and oxygen atoms in total. The van der Waals surface area contributed by atoms with Crippen molar-refractivity contribution in [3.8, 4) is 18.1 Å². The second kappa shape index (κ2) is 26.1. The normalized spacial score (nSPS) is 17.0. The fourth-order valence-electron chi connectivity index (χ4n) is 7.99. The van der Waals surface area contributed by atoms with Crippen molar-refractivity contribution in [2.75, 3.05) is 120 Å². The number of aromatic nitrogens is 9. The first kappa shape index (κ1) is 52.3. The minimum absolute atomic E-state index is 0.0415. The number of phenols is 1. The van der Waals surface area contributed by atoms with E-state index >= 15 is 0 Å². The molecule has 0 aliphatic carbocycles. The summed E-state index contributed by atoms with van der Waals surface area (Å²) in [5.74, 6) is 3.79. The number of nitrogens with zero attached hydrogens (tertiary/aromatic N) is 13. The molecule has 1 unspecified atom stereocenters. The number of carbonyl (C=O) groups excluding carboxylic acids is 2. The van der Waals surface area contributed by atoms with E-state index < -0.39 is 18.1 Å². The highest BCUT2D eigenvalue weighted by Gasteiger charge is 2.35. The molecule has 2 aliphatic heterocycles. The van der Waals surface area contributed by atoms with Crippen LogP contribution >= 0.6 is 0 Å². The fourth-order valence-corrected chi connectivity index (χ4v) is 7.99. The number of carbonyl (C=O) groups is 2. The zero-order valence-corrected chi connectivity index (χ0v) is 40.3. The van der Waals surface area contributed by atoms with E-state index in [1.54, 1.807) is 46.0 Å². The Balaban J connectivity index is 1.14. The minimum Gasteiger partial charge on any atom is -0.508 e. The van der Waals surface area contributed by atoms with E-state index in [0.717, 1.165) is 18.4 Å². The summed E-state index contributed by atoms with van der Waals surface area (Å²) in [5.41, 5.74) is 14.4. The Morgan fingerprint density at radius 3 is 1.90 bits per heavy atom. The van der Waals surface area contributed by atoms with Gasteiger partial charge in [0.1, 0.15) is 30.1 Å². The van der Waals surface area contributed by atoms with Crippen LogP contribution in [0.25, 0.3) is 0 Å². The van der Waals surface area contributed by atoms with E-state index in [0.29, 0.717) is 128 Å². The summed E-state index contributed by atoms with van der Waals surface area (Å²) in [6.07, 6.45) is 10.6. The van der Waals surface area contributed by atoms with Gasteiger partial charge in [0, 0.05) is 65.3 Å². The van der Waals surface area contributed by atoms with Gasteiger partial charge in [-0.3, -0.25) is 9.59 Å². The topological polar surface area (TPSA) is 279 Å². The lowest BCUT2D eigenvalue weighted by Crippen LogP contribution is -2.52. The summed E-state index contributed by atoms with van der Waals surface area (Å²) in [4.78, 5) is 51.0. The molecule has 23 heteroatoms. The summed E-state index contributed by atoms with van der Waals surface area (Å²) in [5, 5.41) is 40.0. The van der Waals surface area contributed by atoms with Gasteiger partial charge >= 0.3 is 0 Å². The van der Waals surface area contributed by atoms with Crippen molar-refractivity contribution in [1.29, 1.82) is 0 Å². The van der Waals surface area contributed by atoms with Gasteiger partial charge in [0.05, 0.1) is 69.8 Å². The van der Waals surface area contributed by atoms with Crippen LogP contribution in [-0.2, 0) is 30.2 Å². The Morgan fingerprint density at radius 1 is 0.754 bits per heavy atom. The number of aliphatic hydroxyl groups is 1. The molecule has 1 aromatic carbocycles. The SMILES string of the molecule is C#CCOCCOCCOCCNc1nc(N2CCN(C(=O)[C@H]([C@@H](C)CC)n3cc([C@@H](N)CO)nn3)CC2)nc(N2CCN(C(=O)[C@H](Cc3ccc(O)cc3)n3cc([C@@H](N)C(C)CC)nn3)CC2)n1. The third kappa shape index (κ3) is 14.3. The van der Waals surface area contributed by atoms with Gasteiger partial charge in [-0.05, 0) is 29.5 Å². The number of amides is 2. The molecule has 376 valence electrons. The second-order valence-electron chi connectivity index (χ2n) is 17.5. The first-order valence-electron chi connectivity index (χ1n) is 23.9. The molecular formula is C46H70N16O7. The first-order chi connectivity index (χ1) is 33.4. The lowest BCUT2D eigenvalue weighted by molar-refractivity contribution is -0.137. The maximum atomic E-state index is 14.5. The molecule has 4 aromatic rings. The van der Waals surface area contributed by atoms with Crippen molar-refractivity contribution >= 4 is 29.7 Å². The molecular weight excluding hydrogens is 889 g/mol. The number of anilines is 3. The number of benzene rings is 1. The third-order valence-electron chi connectivity index (χ3n) is 12.7. The number of ether oxygens (including phenoxy) is 3. The predicted molar refractivity (Wildman–Crippen MR) is 257 cm³/mol. The quantitative estimate of drug-likeness (QED) is 0.0433. The summed E-state index contributed by atoms with van der Waals surface area (Å²) in [7, 11) is 0. The molecule has 2 amide bonds. The van der Waals surface area contributed by atoms with Crippen LogP contribution in [0, 0.1) is 24.2 Å². The van der Waals surface area contributed by atoms with Crippen molar-refractivity contribution in [2.45, 2.75) is 71.1 Å². The highest BCUT2D eigenvalue weighted by Crippen LogP contribution is 2.28. The monoisotopic (exact) mass is 959 g/mol. The maximum absolute atomic E-state index is 14.5. The molecule has 6 rings (SSSR count). The lowest BCUT2D eigenvalue weighted by Gasteiger charge is -2.38. The van der Waals surface area contributed by atoms with Gasteiger partial charge in [-0.2, -0.15) is 15.0 Å². The van der Waals surface area contributed by atoms with Crippen LogP contribution in [0.15, 0.2) is 36.7 Å². The Bertz CT molecular complexity index is 2240. The molecule has 0 spiro atoms. The van der Waals surface area contributed by atoms with Crippen LogP contribution < -0.4 is 26.6 Å². The molecule has 2 fully saturated rings. The molecule has 2 saturated heterocycles. The zero-order valence-electron chi connectivity index (χ0n) is 40.3. The number of aromatic hydroxyl groups is 1. The molecule has 0 radical (unpaired) electrons. The number of rotatable bonds is 26. The van der Waals surface area contributed by atoms with E-state index in [1.165, 1.54) is 0 Å². The van der Waals surface area contributed by atoms with Gasteiger partial charge in [-0.15, -0.1) is 16.6 Å². The summed E-state index contributed by atoms with van der Waals surface area (Å²) >= 11 is 0. The van der Waals surface area contributed by atoms with Crippen LogP contribution in [-0.4, -0.2) is 182 Å². The molecule has 7 N–H and O–H groups in total. The van der Waals surface area contributed by atoms with E-state index in [9.17, 15) is 19.8 Å². The number of hydrogen-bond donors (Lipinski definition) is 5. The van der Waals surface area contributed by atoms with Crippen molar-refractivity contribution in [3.63, 3.8) is 0 Å². The van der Waals surface area contributed by atoms with Crippen LogP contribution in [0.4, 0.5) is 17.8 Å². The van der Waals surface area contributed by atoms with E-state index in [1.807, 2.05) is 33.4 Å². The number of terminal acetylenes is 1.